The highest BCUT2D eigenvalue weighted by Crippen LogP contribution is 2.34. The number of nitrogens with two attached hydrogens (primary N) is 1. The largest absolute Gasteiger partial charge is 0.443 e. The SMILES string of the molecule is CC(C)(C)OC(=O)N1CCc2ccc(-c3cncnc3N)cc21. The van der Waals surface area contributed by atoms with Gasteiger partial charge in [-0.1, -0.05) is 12.1 Å². The molecule has 6 heteroatoms. The van der Waals surface area contributed by atoms with Gasteiger partial charge < -0.3 is 10.5 Å². The molecule has 1 aromatic heterocycles. The highest BCUT2D eigenvalue weighted by Gasteiger charge is 2.29. The molecule has 1 aliphatic rings. The standard InChI is InChI=1S/C17H20N4O2/c1-17(2,3)23-16(22)21-7-6-11-4-5-12(8-14(11)21)13-9-19-10-20-15(13)18/h4-5,8-10H,6-7H2,1-3H3,(H2,18,19,20). The van der Waals surface area contributed by atoms with Crippen molar-refractivity contribution < 1.29 is 9.53 Å². The van der Waals surface area contributed by atoms with Gasteiger partial charge in [0.15, 0.2) is 0 Å². The van der Waals surface area contributed by atoms with Crippen LogP contribution >= 0.6 is 0 Å². The number of nitrogens with zero attached hydrogens (tertiary/aromatic N) is 3. The molecule has 2 heterocycles. The predicted molar refractivity (Wildman–Crippen MR) is 89.2 cm³/mol. The maximum absolute atomic E-state index is 12.4. The van der Waals surface area contributed by atoms with Crippen LogP contribution in [0.3, 0.4) is 0 Å². The molecule has 1 aliphatic heterocycles. The van der Waals surface area contributed by atoms with E-state index in [0.29, 0.717) is 12.4 Å². The summed E-state index contributed by atoms with van der Waals surface area (Å²) < 4.78 is 5.49. The minimum Gasteiger partial charge on any atom is -0.443 e. The van der Waals surface area contributed by atoms with E-state index in [-0.39, 0.29) is 6.09 Å². The molecule has 0 atom stereocenters. The van der Waals surface area contributed by atoms with Crippen molar-refractivity contribution in [3.8, 4) is 11.1 Å². The van der Waals surface area contributed by atoms with Gasteiger partial charge in [0.25, 0.3) is 0 Å². The molecule has 0 unspecified atom stereocenters. The summed E-state index contributed by atoms with van der Waals surface area (Å²) in [6.07, 6.45) is 3.58. The molecule has 2 aromatic rings. The van der Waals surface area contributed by atoms with Gasteiger partial charge in [-0.15, -0.1) is 0 Å². The van der Waals surface area contributed by atoms with Crippen molar-refractivity contribution in [3.63, 3.8) is 0 Å². The third-order valence-corrected chi connectivity index (χ3v) is 3.65. The van der Waals surface area contributed by atoms with Gasteiger partial charge in [-0.25, -0.2) is 14.8 Å². The van der Waals surface area contributed by atoms with Crippen molar-refractivity contribution in [1.29, 1.82) is 0 Å². The molecule has 3 rings (SSSR count). The number of aromatic nitrogens is 2. The molecule has 0 aliphatic carbocycles. The first-order chi connectivity index (χ1) is 10.8. The van der Waals surface area contributed by atoms with E-state index >= 15 is 0 Å². The number of amides is 1. The third-order valence-electron chi connectivity index (χ3n) is 3.65. The highest BCUT2D eigenvalue weighted by molar-refractivity contribution is 5.92. The van der Waals surface area contributed by atoms with Gasteiger partial charge in [-0.3, -0.25) is 4.90 Å². The average Bonchev–Trinajstić information content (AvgIpc) is 2.89. The van der Waals surface area contributed by atoms with Gasteiger partial charge in [0, 0.05) is 18.3 Å². The van der Waals surface area contributed by atoms with Gasteiger partial charge in [0.05, 0.1) is 5.69 Å². The van der Waals surface area contributed by atoms with Gasteiger partial charge >= 0.3 is 6.09 Å². The quantitative estimate of drug-likeness (QED) is 0.875. The molecule has 1 amide bonds. The van der Waals surface area contributed by atoms with Crippen LogP contribution in [0.15, 0.2) is 30.7 Å². The number of rotatable bonds is 1. The summed E-state index contributed by atoms with van der Waals surface area (Å²) in [5.74, 6) is 0.418. The van der Waals surface area contributed by atoms with E-state index < -0.39 is 5.60 Å². The van der Waals surface area contributed by atoms with Crippen LogP contribution in [-0.4, -0.2) is 28.2 Å². The summed E-state index contributed by atoms with van der Waals surface area (Å²) in [5, 5.41) is 0. The van der Waals surface area contributed by atoms with Gasteiger partial charge in [0.2, 0.25) is 0 Å². The van der Waals surface area contributed by atoms with Crippen LogP contribution in [0, 0.1) is 0 Å². The number of fused-ring (bicyclic) bond motifs is 1. The van der Waals surface area contributed by atoms with Gasteiger partial charge in [-0.05, 0) is 44.4 Å². The summed E-state index contributed by atoms with van der Waals surface area (Å²) in [4.78, 5) is 22.1. The second-order valence-electron chi connectivity index (χ2n) is 6.55. The molecule has 6 nitrogen and oxygen atoms in total. The molecule has 0 saturated heterocycles. The fourth-order valence-corrected chi connectivity index (χ4v) is 2.61. The molecule has 0 saturated carbocycles. The van der Waals surface area contributed by atoms with E-state index in [1.54, 1.807) is 11.1 Å². The van der Waals surface area contributed by atoms with Crippen molar-refractivity contribution in [2.75, 3.05) is 17.2 Å². The van der Waals surface area contributed by atoms with Crippen LogP contribution in [0.5, 0.6) is 0 Å². The van der Waals surface area contributed by atoms with E-state index in [9.17, 15) is 4.79 Å². The lowest BCUT2D eigenvalue weighted by Gasteiger charge is -2.25. The summed E-state index contributed by atoms with van der Waals surface area (Å²) in [6.45, 7) is 6.20. The molecule has 0 fully saturated rings. The Balaban J connectivity index is 1.95. The average molecular weight is 312 g/mol. The normalized spacial score (nSPS) is 13.8. The Morgan fingerprint density at radius 3 is 2.83 bits per heavy atom. The molecule has 2 N–H and O–H groups in total. The van der Waals surface area contributed by atoms with E-state index in [4.69, 9.17) is 10.5 Å². The van der Waals surface area contributed by atoms with Gasteiger partial charge in [0.1, 0.15) is 17.7 Å². The minimum atomic E-state index is -0.519. The topological polar surface area (TPSA) is 81.3 Å². The van der Waals surface area contributed by atoms with Crippen molar-refractivity contribution >= 4 is 17.6 Å². The van der Waals surface area contributed by atoms with Crippen molar-refractivity contribution in [2.24, 2.45) is 0 Å². The lowest BCUT2D eigenvalue weighted by molar-refractivity contribution is 0.0584. The van der Waals surface area contributed by atoms with E-state index in [2.05, 4.69) is 9.97 Å². The van der Waals surface area contributed by atoms with Crippen LogP contribution in [-0.2, 0) is 11.2 Å². The van der Waals surface area contributed by atoms with Crippen molar-refractivity contribution in [3.05, 3.63) is 36.3 Å². The third kappa shape index (κ3) is 3.11. The Hall–Kier alpha value is -2.63. The number of ether oxygens (including phenoxy) is 1. The van der Waals surface area contributed by atoms with Crippen LogP contribution < -0.4 is 10.6 Å². The molecular formula is C17H20N4O2. The first kappa shape index (κ1) is 15.3. The number of benzene rings is 1. The van der Waals surface area contributed by atoms with Crippen LogP contribution in [0.1, 0.15) is 26.3 Å². The molecule has 23 heavy (non-hydrogen) atoms. The Morgan fingerprint density at radius 2 is 2.13 bits per heavy atom. The number of anilines is 2. The van der Waals surface area contributed by atoms with Crippen LogP contribution in [0.4, 0.5) is 16.3 Å². The highest BCUT2D eigenvalue weighted by atomic mass is 16.6. The van der Waals surface area contributed by atoms with Crippen LogP contribution in [0.2, 0.25) is 0 Å². The Bertz CT molecular complexity index is 752. The number of carbonyl (C=O) groups is 1. The second kappa shape index (κ2) is 5.53. The Kier molecular flexibility index (Phi) is 3.67. The molecule has 0 radical (unpaired) electrons. The Labute approximate surface area is 135 Å². The summed E-state index contributed by atoms with van der Waals surface area (Å²) in [7, 11) is 0. The minimum absolute atomic E-state index is 0.328. The van der Waals surface area contributed by atoms with Crippen LogP contribution in [0.25, 0.3) is 11.1 Å². The maximum atomic E-state index is 12.4. The summed E-state index contributed by atoms with van der Waals surface area (Å²) in [6, 6.07) is 5.94. The number of nitrogen functional groups attached to an aromatic ring is 1. The zero-order chi connectivity index (χ0) is 16.6. The van der Waals surface area contributed by atoms with E-state index in [1.165, 1.54) is 6.33 Å². The van der Waals surface area contributed by atoms with Crippen molar-refractivity contribution in [1.82, 2.24) is 9.97 Å². The summed E-state index contributed by atoms with van der Waals surface area (Å²) >= 11 is 0. The lowest BCUT2D eigenvalue weighted by Crippen LogP contribution is -2.35. The van der Waals surface area contributed by atoms with Crippen molar-refractivity contribution in [2.45, 2.75) is 32.8 Å². The predicted octanol–water partition coefficient (Wildman–Crippen LogP) is 3.02. The van der Waals surface area contributed by atoms with E-state index in [1.807, 2.05) is 39.0 Å². The first-order valence-electron chi connectivity index (χ1n) is 7.54. The fraction of sp³-hybridized carbons (Fsp3) is 0.353. The van der Waals surface area contributed by atoms with Gasteiger partial charge in [-0.2, -0.15) is 0 Å². The molecule has 0 spiro atoms. The number of hydrogen-bond acceptors (Lipinski definition) is 5. The number of hydrogen-bond donors (Lipinski definition) is 1. The molecule has 0 bridgehead atoms. The molecule has 1 aromatic carbocycles. The zero-order valence-corrected chi connectivity index (χ0v) is 13.5. The number of carbonyl (C=O) groups excluding carboxylic acids is 1. The first-order valence-corrected chi connectivity index (χ1v) is 7.54. The lowest BCUT2D eigenvalue weighted by atomic mass is 10.0. The maximum Gasteiger partial charge on any atom is 0.414 e. The Morgan fingerprint density at radius 1 is 1.35 bits per heavy atom. The molecular weight excluding hydrogens is 292 g/mol. The molecule has 120 valence electrons. The zero-order valence-electron chi connectivity index (χ0n) is 13.5. The smallest absolute Gasteiger partial charge is 0.414 e. The fourth-order valence-electron chi connectivity index (χ4n) is 2.61. The summed E-state index contributed by atoms with van der Waals surface area (Å²) in [5.41, 5.74) is 9.02. The second-order valence-corrected chi connectivity index (χ2v) is 6.55. The monoisotopic (exact) mass is 312 g/mol. The van der Waals surface area contributed by atoms with E-state index in [0.717, 1.165) is 28.8 Å².